The Morgan fingerprint density at radius 3 is 2.70 bits per heavy atom. The maximum atomic E-state index is 5.74. The molecule has 0 bridgehead atoms. The van der Waals surface area contributed by atoms with Crippen LogP contribution in [-0.2, 0) is 0 Å². The topological polar surface area (TPSA) is 21.3 Å². The van der Waals surface area contributed by atoms with Crippen LogP contribution in [0.2, 0.25) is 0 Å². The fraction of sp³-hybridized carbons (Fsp3) is 0.294. The van der Waals surface area contributed by atoms with Crippen molar-refractivity contribution in [1.82, 2.24) is 5.32 Å². The Morgan fingerprint density at radius 1 is 1.20 bits per heavy atom. The third kappa shape index (κ3) is 2.74. The predicted octanol–water partition coefficient (Wildman–Crippen LogP) is 4.62. The van der Waals surface area contributed by atoms with Crippen LogP contribution in [0.4, 0.5) is 0 Å². The molecule has 2 unspecified atom stereocenters. The Bertz CT molecular complexity index is 582. The van der Waals surface area contributed by atoms with E-state index in [1.54, 1.807) is 0 Å². The maximum absolute atomic E-state index is 5.74. The molecule has 1 heterocycles. The second kappa shape index (κ2) is 5.98. The van der Waals surface area contributed by atoms with Gasteiger partial charge >= 0.3 is 0 Å². The van der Waals surface area contributed by atoms with Crippen LogP contribution >= 0.6 is 15.9 Å². The monoisotopic (exact) mass is 331 g/mol. The van der Waals surface area contributed by atoms with Gasteiger partial charge in [-0.15, -0.1) is 0 Å². The zero-order chi connectivity index (χ0) is 13.9. The van der Waals surface area contributed by atoms with Crippen LogP contribution in [0.25, 0.3) is 0 Å². The summed E-state index contributed by atoms with van der Waals surface area (Å²) in [7, 11) is 0. The first-order chi connectivity index (χ1) is 9.78. The molecule has 0 saturated heterocycles. The normalized spacial score (nSPS) is 18.4. The largest absolute Gasteiger partial charge is 0.491 e. The van der Waals surface area contributed by atoms with Crippen LogP contribution in [0.3, 0.4) is 0 Å². The summed E-state index contributed by atoms with van der Waals surface area (Å²) in [6.45, 7) is 2.92. The molecule has 1 aliphatic heterocycles. The van der Waals surface area contributed by atoms with Crippen LogP contribution < -0.4 is 10.1 Å². The molecule has 0 aromatic heterocycles. The van der Waals surface area contributed by atoms with E-state index >= 15 is 0 Å². The number of ether oxygens (including phenoxy) is 1. The van der Waals surface area contributed by atoms with E-state index in [4.69, 9.17) is 4.74 Å². The maximum Gasteiger partial charge on any atom is 0.124 e. The zero-order valence-corrected chi connectivity index (χ0v) is 13.1. The second-order valence-electron chi connectivity index (χ2n) is 5.08. The molecule has 0 fully saturated rings. The van der Waals surface area contributed by atoms with Gasteiger partial charge in [-0.3, -0.25) is 0 Å². The number of halogens is 1. The average Bonchev–Trinajstić information content (AvgIpc) is 2.89. The van der Waals surface area contributed by atoms with Gasteiger partial charge in [0.2, 0.25) is 0 Å². The molecule has 1 aliphatic rings. The van der Waals surface area contributed by atoms with Crippen LogP contribution in [0.5, 0.6) is 5.75 Å². The van der Waals surface area contributed by atoms with E-state index in [0.717, 1.165) is 16.6 Å². The SMILES string of the molecule is CCC(NC1COc2ccccc21)c1ccc(Br)cc1. The van der Waals surface area contributed by atoms with Gasteiger partial charge in [-0.05, 0) is 30.2 Å². The number of hydrogen-bond donors (Lipinski definition) is 1. The molecule has 3 heteroatoms. The summed E-state index contributed by atoms with van der Waals surface area (Å²) in [5.74, 6) is 1.01. The van der Waals surface area contributed by atoms with Crippen LogP contribution in [0.15, 0.2) is 53.0 Å². The quantitative estimate of drug-likeness (QED) is 0.882. The number of nitrogens with one attached hydrogen (secondary N) is 1. The van der Waals surface area contributed by atoms with E-state index in [9.17, 15) is 0 Å². The van der Waals surface area contributed by atoms with Crippen molar-refractivity contribution in [3.05, 3.63) is 64.1 Å². The van der Waals surface area contributed by atoms with Gasteiger partial charge in [-0.1, -0.05) is 53.2 Å². The van der Waals surface area contributed by atoms with Gasteiger partial charge in [0.1, 0.15) is 12.4 Å². The highest BCUT2D eigenvalue weighted by Gasteiger charge is 2.25. The summed E-state index contributed by atoms with van der Waals surface area (Å²) in [4.78, 5) is 0. The summed E-state index contributed by atoms with van der Waals surface area (Å²) in [6, 6.07) is 17.4. The Balaban J connectivity index is 1.78. The summed E-state index contributed by atoms with van der Waals surface area (Å²) >= 11 is 3.49. The Kier molecular flexibility index (Phi) is 4.08. The van der Waals surface area contributed by atoms with Crippen molar-refractivity contribution in [1.29, 1.82) is 0 Å². The molecule has 3 rings (SSSR count). The number of benzene rings is 2. The van der Waals surface area contributed by atoms with E-state index < -0.39 is 0 Å². The van der Waals surface area contributed by atoms with Crippen molar-refractivity contribution >= 4 is 15.9 Å². The number of rotatable bonds is 4. The molecule has 0 saturated carbocycles. The second-order valence-corrected chi connectivity index (χ2v) is 6.00. The minimum Gasteiger partial charge on any atom is -0.491 e. The molecule has 2 aromatic rings. The summed E-state index contributed by atoms with van der Waals surface area (Å²) in [5.41, 5.74) is 2.59. The summed E-state index contributed by atoms with van der Waals surface area (Å²) < 4.78 is 6.86. The fourth-order valence-electron chi connectivity index (χ4n) is 2.69. The van der Waals surface area contributed by atoms with Crippen LogP contribution in [-0.4, -0.2) is 6.61 Å². The highest BCUT2D eigenvalue weighted by molar-refractivity contribution is 9.10. The van der Waals surface area contributed by atoms with Gasteiger partial charge in [-0.25, -0.2) is 0 Å². The van der Waals surface area contributed by atoms with Crippen molar-refractivity contribution in [2.75, 3.05) is 6.61 Å². The van der Waals surface area contributed by atoms with E-state index in [0.29, 0.717) is 12.6 Å². The van der Waals surface area contributed by atoms with Crippen molar-refractivity contribution in [2.45, 2.75) is 25.4 Å². The van der Waals surface area contributed by atoms with Gasteiger partial charge in [0.05, 0.1) is 6.04 Å². The highest BCUT2D eigenvalue weighted by Crippen LogP contribution is 2.34. The molecule has 2 aromatic carbocycles. The molecule has 104 valence electrons. The summed E-state index contributed by atoms with van der Waals surface area (Å²) in [5, 5.41) is 3.72. The third-order valence-corrected chi connectivity index (χ3v) is 4.31. The molecule has 0 spiro atoms. The molecule has 2 atom stereocenters. The molecule has 20 heavy (non-hydrogen) atoms. The van der Waals surface area contributed by atoms with Gasteiger partial charge in [0, 0.05) is 16.1 Å². The Hall–Kier alpha value is -1.32. The smallest absolute Gasteiger partial charge is 0.124 e. The van der Waals surface area contributed by atoms with Crippen molar-refractivity contribution in [3.63, 3.8) is 0 Å². The van der Waals surface area contributed by atoms with Gasteiger partial charge < -0.3 is 10.1 Å². The minimum absolute atomic E-state index is 0.278. The predicted molar refractivity (Wildman–Crippen MR) is 85.0 cm³/mol. The molecular weight excluding hydrogens is 314 g/mol. The third-order valence-electron chi connectivity index (χ3n) is 3.78. The lowest BCUT2D eigenvalue weighted by Crippen LogP contribution is -2.27. The zero-order valence-electron chi connectivity index (χ0n) is 11.5. The highest BCUT2D eigenvalue weighted by atomic mass is 79.9. The first kappa shape index (κ1) is 13.7. The Morgan fingerprint density at radius 2 is 1.95 bits per heavy atom. The van der Waals surface area contributed by atoms with Crippen molar-refractivity contribution < 1.29 is 4.74 Å². The molecule has 0 aliphatic carbocycles. The number of hydrogen-bond acceptors (Lipinski definition) is 2. The van der Waals surface area contributed by atoms with Gasteiger partial charge in [0.25, 0.3) is 0 Å². The van der Waals surface area contributed by atoms with Crippen molar-refractivity contribution in [2.24, 2.45) is 0 Å². The lowest BCUT2D eigenvalue weighted by molar-refractivity contribution is 0.296. The average molecular weight is 332 g/mol. The van der Waals surface area contributed by atoms with Gasteiger partial charge in [0.15, 0.2) is 0 Å². The standard InChI is InChI=1S/C17H18BrNO/c1-2-15(12-7-9-13(18)10-8-12)19-16-11-20-17-6-4-3-5-14(16)17/h3-10,15-16,19H,2,11H2,1H3. The molecule has 2 nitrogen and oxygen atoms in total. The van der Waals surface area contributed by atoms with Crippen LogP contribution in [0, 0.1) is 0 Å². The first-order valence-electron chi connectivity index (χ1n) is 7.01. The lowest BCUT2D eigenvalue weighted by Gasteiger charge is -2.22. The first-order valence-corrected chi connectivity index (χ1v) is 7.80. The van der Waals surface area contributed by atoms with E-state index in [1.165, 1.54) is 11.1 Å². The van der Waals surface area contributed by atoms with E-state index in [1.807, 2.05) is 12.1 Å². The fourth-order valence-corrected chi connectivity index (χ4v) is 2.95. The molecule has 0 amide bonds. The number of fused-ring (bicyclic) bond motifs is 1. The molecular formula is C17H18BrNO. The van der Waals surface area contributed by atoms with Crippen LogP contribution in [0.1, 0.15) is 36.6 Å². The van der Waals surface area contributed by atoms with Gasteiger partial charge in [-0.2, -0.15) is 0 Å². The van der Waals surface area contributed by atoms with E-state index in [2.05, 4.69) is 64.6 Å². The number of para-hydroxylation sites is 1. The van der Waals surface area contributed by atoms with E-state index in [-0.39, 0.29) is 6.04 Å². The van der Waals surface area contributed by atoms with Crippen molar-refractivity contribution in [3.8, 4) is 5.75 Å². The molecule has 0 radical (unpaired) electrons. The summed E-state index contributed by atoms with van der Waals surface area (Å²) in [6.07, 6.45) is 1.06. The minimum atomic E-state index is 0.278. The molecule has 1 N–H and O–H groups in total. The Labute approximate surface area is 128 Å². The lowest BCUT2D eigenvalue weighted by atomic mass is 10.0.